The molecule has 3 aromatic rings. The molecule has 156 valence electrons. The van der Waals surface area contributed by atoms with Gasteiger partial charge in [-0.25, -0.2) is 4.98 Å². The lowest BCUT2D eigenvalue weighted by Gasteiger charge is -2.35. The lowest BCUT2D eigenvalue weighted by Crippen LogP contribution is -2.37. The van der Waals surface area contributed by atoms with Gasteiger partial charge in [-0.05, 0) is 23.8 Å². The standard InChI is InChI=1S/C21H20Cl2N4O2S/c1-21(11-30-12-21)17-10-19(27(2)26-17)25-20(28)8-13-3-4-16(15(22)7-13)29-14-5-6-24-18(23)9-14/h3-7,9-10H,8,11-12H2,1-2H3,(H,25,28). The van der Waals surface area contributed by atoms with Crippen molar-refractivity contribution >= 4 is 46.7 Å². The van der Waals surface area contributed by atoms with Gasteiger partial charge in [0.1, 0.15) is 22.5 Å². The minimum Gasteiger partial charge on any atom is -0.456 e. The number of aryl methyl sites for hydroxylation is 1. The minimum atomic E-state index is -0.136. The van der Waals surface area contributed by atoms with Gasteiger partial charge in [0.15, 0.2) is 0 Å². The monoisotopic (exact) mass is 462 g/mol. The molecule has 9 heteroatoms. The number of ether oxygens (including phenoxy) is 1. The second kappa shape index (κ2) is 8.49. The summed E-state index contributed by atoms with van der Waals surface area (Å²) < 4.78 is 7.46. The van der Waals surface area contributed by atoms with Crippen molar-refractivity contribution in [2.45, 2.75) is 18.8 Å². The third kappa shape index (κ3) is 4.58. The van der Waals surface area contributed by atoms with Crippen molar-refractivity contribution in [2.24, 2.45) is 7.05 Å². The number of hydrogen-bond donors (Lipinski definition) is 1. The van der Waals surface area contributed by atoms with Crippen LogP contribution in [0.2, 0.25) is 10.2 Å². The van der Waals surface area contributed by atoms with E-state index in [2.05, 4.69) is 22.3 Å². The van der Waals surface area contributed by atoms with Crippen molar-refractivity contribution in [3.8, 4) is 11.5 Å². The van der Waals surface area contributed by atoms with E-state index >= 15 is 0 Å². The van der Waals surface area contributed by atoms with Gasteiger partial charge in [-0.3, -0.25) is 9.48 Å². The van der Waals surface area contributed by atoms with Crippen LogP contribution in [0.4, 0.5) is 5.82 Å². The first kappa shape index (κ1) is 21.0. The van der Waals surface area contributed by atoms with Crippen LogP contribution in [0.25, 0.3) is 0 Å². The van der Waals surface area contributed by atoms with Gasteiger partial charge < -0.3 is 10.1 Å². The molecule has 6 nitrogen and oxygen atoms in total. The summed E-state index contributed by atoms with van der Waals surface area (Å²) in [7, 11) is 1.84. The molecule has 0 saturated carbocycles. The van der Waals surface area contributed by atoms with E-state index < -0.39 is 0 Å². The SMILES string of the molecule is Cn1nc(C2(C)CSC2)cc1NC(=O)Cc1ccc(Oc2ccnc(Cl)c2)c(Cl)c1. The van der Waals surface area contributed by atoms with Crippen LogP contribution in [-0.2, 0) is 23.7 Å². The number of rotatable bonds is 6. The number of halogens is 2. The van der Waals surface area contributed by atoms with Crippen molar-refractivity contribution < 1.29 is 9.53 Å². The zero-order valence-electron chi connectivity index (χ0n) is 16.5. The summed E-state index contributed by atoms with van der Waals surface area (Å²) in [6.45, 7) is 2.20. The molecule has 1 fully saturated rings. The molecule has 1 aliphatic rings. The number of aromatic nitrogens is 3. The van der Waals surface area contributed by atoms with E-state index in [4.69, 9.17) is 27.9 Å². The molecule has 30 heavy (non-hydrogen) atoms. The highest BCUT2D eigenvalue weighted by Crippen LogP contribution is 2.40. The number of pyridine rings is 1. The Morgan fingerprint density at radius 3 is 2.73 bits per heavy atom. The quantitative estimate of drug-likeness (QED) is 0.516. The molecule has 1 saturated heterocycles. The summed E-state index contributed by atoms with van der Waals surface area (Å²) in [6, 6.07) is 10.5. The fourth-order valence-corrected chi connectivity index (χ4v) is 4.64. The highest BCUT2D eigenvalue weighted by atomic mass is 35.5. The number of carbonyl (C=O) groups excluding carboxylic acids is 1. The molecular formula is C21H20Cl2N4O2S. The number of nitrogens with zero attached hydrogens (tertiary/aromatic N) is 3. The topological polar surface area (TPSA) is 69.0 Å². The van der Waals surface area contributed by atoms with Gasteiger partial charge in [0.05, 0.1) is 17.1 Å². The third-order valence-corrected chi connectivity index (χ3v) is 7.08. The summed E-state index contributed by atoms with van der Waals surface area (Å²) in [5.74, 6) is 3.67. The van der Waals surface area contributed by atoms with Crippen LogP contribution in [0.15, 0.2) is 42.6 Å². The van der Waals surface area contributed by atoms with Crippen molar-refractivity contribution in [3.05, 3.63) is 64.0 Å². The third-order valence-electron chi connectivity index (χ3n) is 4.89. The molecule has 0 radical (unpaired) electrons. The maximum absolute atomic E-state index is 12.5. The first-order chi connectivity index (χ1) is 14.3. The number of amides is 1. The maximum atomic E-state index is 12.5. The maximum Gasteiger partial charge on any atom is 0.229 e. The molecule has 0 bridgehead atoms. The lowest BCUT2D eigenvalue weighted by atomic mass is 9.91. The number of carbonyl (C=O) groups is 1. The van der Waals surface area contributed by atoms with E-state index in [-0.39, 0.29) is 17.7 Å². The molecular weight excluding hydrogens is 443 g/mol. The number of anilines is 1. The zero-order chi connectivity index (χ0) is 21.3. The van der Waals surface area contributed by atoms with Crippen molar-refractivity contribution in [3.63, 3.8) is 0 Å². The Morgan fingerprint density at radius 2 is 2.07 bits per heavy atom. The van der Waals surface area contributed by atoms with Gasteiger partial charge in [0, 0.05) is 42.3 Å². The molecule has 4 rings (SSSR count). The predicted molar refractivity (Wildman–Crippen MR) is 121 cm³/mol. The smallest absolute Gasteiger partial charge is 0.229 e. The van der Waals surface area contributed by atoms with Gasteiger partial charge in [-0.1, -0.05) is 36.2 Å². The Bertz CT molecular complexity index is 1100. The predicted octanol–water partition coefficient (Wildman–Crippen LogP) is 5.10. The van der Waals surface area contributed by atoms with E-state index in [1.54, 1.807) is 35.1 Å². The highest BCUT2D eigenvalue weighted by Gasteiger charge is 2.37. The Morgan fingerprint density at radius 1 is 1.27 bits per heavy atom. The van der Waals surface area contributed by atoms with Crippen molar-refractivity contribution in [2.75, 3.05) is 16.8 Å². The largest absolute Gasteiger partial charge is 0.456 e. The Labute approximate surface area is 188 Å². The van der Waals surface area contributed by atoms with Gasteiger partial charge in [0.2, 0.25) is 5.91 Å². The summed E-state index contributed by atoms with van der Waals surface area (Å²) in [4.78, 5) is 16.5. The number of nitrogens with one attached hydrogen (secondary N) is 1. The van der Waals surface area contributed by atoms with E-state index in [1.807, 2.05) is 30.9 Å². The molecule has 1 aromatic carbocycles. The van der Waals surface area contributed by atoms with Crippen molar-refractivity contribution in [1.29, 1.82) is 0 Å². The average molecular weight is 463 g/mol. The summed E-state index contributed by atoms with van der Waals surface area (Å²) in [5, 5.41) is 8.25. The number of thioether (sulfide) groups is 1. The van der Waals surface area contributed by atoms with E-state index in [0.717, 1.165) is 22.8 Å². The summed E-state index contributed by atoms with van der Waals surface area (Å²) in [6.07, 6.45) is 1.74. The second-order valence-corrected chi connectivity index (χ2v) is 9.28. The average Bonchev–Trinajstić information content (AvgIpc) is 3.03. The van der Waals surface area contributed by atoms with Crippen LogP contribution in [0.1, 0.15) is 18.2 Å². The first-order valence-electron chi connectivity index (χ1n) is 9.32. The lowest BCUT2D eigenvalue weighted by molar-refractivity contribution is -0.115. The van der Waals surface area contributed by atoms with Crippen LogP contribution in [0.3, 0.4) is 0 Å². The Kier molecular flexibility index (Phi) is 5.95. The van der Waals surface area contributed by atoms with Gasteiger partial charge in [0.25, 0.3) is 0 Å². The van der Waals surface area contributed by atoms with Gasteiger partial charge in [-0.2, -0.15) is 16.9 Å². The van der Waals surface area contributed by atoms with Crippen molar-refractivity contribution in [1.82, 2.24) is 14.8 Å². The minimum absolute atomic E-state index is 0.0911. The molecule has 3 heterocycles. The molecule has 2 aromatic heterocycles. The molecule has 1 aliphatic heterocycles. The van der Waals surface area contributed by atoms with Crippen LogP contribution in [0, 0.1) is 0 Å². The molecule has 0 spiro atoms. The normalized spacial score (nSPS) is 14.8. The Balaban J connectivity index is 1.41. The van der Waals surface area contributed by atoms with Crippen LogP contribution < -0.4 is 10.1 Å². The first-order valence-corrected chi connectivity index (χ1v) is 11.2. The second-order valence-electron chi connectivity index (χ2n) is 7.50. The highest BCUT2D eigenvalue weighted by molar-refractivity contribution is 8.00. The van der Waals surface area contributed by atoms with Crippen LogP contribution >= 0.6 is 35.0 Å². The van der Waals surface area contributed by atoms with Gasteiger partial charge >= 0.3 is 0 Å². The molecule has 1 amide bonds. The Hall–Kier alpha value is -2.22. The summed E-state index contributed by atoms with van der Waals surface area (Å²) in [5.41, 5.74) is 1.88. The molecule has 0 unspecified atom stereocenters. The zero-order valence-corrected chi connectivity index (χ0v) is 18.8. The molecule has 0 aliphatic carbocycles. The van der Waals surface area contributed by atoms with E-state index in [9.17, 15) is 4.79 Å². The molecule has 1 N–H and O–H groups in total. The van der Waals surface area contributed by atoms with E-state index in [1.165, 1.54) is 0 Å². The fourth-order valence-electron chi connectivity index (χ4n) is 3.12. The van der Waals surface area contributed by atoms with Gasteiger partial charge in [-0.15, -0.1) is 0 Å². The fraction of sp³-hybridized carbons (Fsp3) is 0.286. The number of hydrogen-bond acceptors (Lipinski definition) is 5. The van der Waals surface area contributed by atoms with E-state index in [0.29, 0.717) is 27.5 Å². The van der Waals surface area contributed by atoms with Crippen LogP contribution in [-0.4, -0.2) is 32.2 Å². The number of benzene rings is 1. The summed E-state index contributed by atoms with van der Waals surface area (Å²) >= 11 is 14.1. The molecule has 0 atom stereocenters. The van der Waals surface area contributed by atoms with Crippen LogP contribution in [0.5, 0.6) is 11.5 Å².